The number of benzene rings is 2. The van der Waals surface area contributed by atoms with Crippen LogP contribution in [-0.4, -0.2) is 78.2 Å². The number of aromatic nitrogens is 1. The van der Waals surface area contributed by atoms with Crippen LogP contribution in [0, 0.1) is 0 Å². The normalized spacial score (nSPS) is 23.8. The van der Waals surface area contributed by atoms with Gasteiger partial charge in [0.15, 0.2) is 0 Å². The van der Waals surface area contributed by atoms with Gasteiger partial charge in [0.2, 0.25) is 24.1 Å². The van der Waals surface area contributed by atoms with Crippen LogP contribution in [0.2, 0.25) is 0 Å². The van der Waals surface area contributed by atoms with Crippen LogP contribution in [0.1, 0.15) is 48.1 Å². The fourth-order valence-corrected chi connectivity index (χ4v) is 7.83. The Kier molecular flexibility index (Phi) is 6.50. The third kappa shape index (κ3) is 4.47. The van der Waals surface area contributed by atoms with Crippen molar-refractivity contribution in [3.05, 3.63) is 64.8 Å². The molecule has 0 radical (unpaired) electrons. The molecule has 4 amide bonds. The van der Waals surface area contributed by atoms with Crippen LogP contribution in [0.5, 0.6) is 0 Å². The van der Waals surface area contributed by atoms with Crippen LogP contribution in [-0.2, 0) is 44.0 Å². The van der Waals surface area contributed by atoms with E-state index in [-0.39, 0.29) is 24.1 Å². The number of likely N-dealkylation sites (N-methyl/N-ethyl adjacent to an activating group) is 1. The molecule has 4 aliphatic rings. The molecule has 2 atom stereocenters. The lowest BCUT2D eigenvalue weighted by Crippen LogP contribution is -2.56. The van der Waals surface area contributed by atoms with Crippen LogP contribution in [0.3, 0.4) is 0 Å². The van der Waals surface area contributed by atoms with Gasteiger partial charge in [-0.1, -0.05) is 12.1 Å². The summed E-state index contributed by atoms with van der Waals surface area (Å²) in [7, 11) is 3.73. The highest BCUT2D eigenvalue weighted by atomic mass is 16.2. The number of carbonyl (C=O) groups excluding carboxylic acids is 4. The molecule has 0 bridgehead atoms. The molecule has 2 aromatic carbocycles. The highest BCUT2D eigenvalue weighted by Crippen LogP contribution is 2.52. The quantitative estimate of drug-likeness (QED) is 0.413. The van der Waals surface area contributed by atoms with Crippen molar-refractivity contribution in [2.45, 2.75) is 56.0 Å². The third-order valence-electron chi connectivity index (χ3n) is 9.98. The Labute approximate surface area is 250 Å². The summed E-state index contributed by atoms with van der Waals surface area (Å²) in [6, 6.07) is 14.3. The predicted molar refractivity (Wildman–Crippen MR) is 163 cm³/mol. The van der Waals surface area contributed by atoms with Crippen molar-refractivity contribution in [3.63, 3.8) is 0 Å². The molecule has 1 unspecified atom stereocenters. The SMILES string of the molecule is CN(C)[C@]1(C(=O)NC=O)Cc2cc3ccc(CN4CC5(CC(=O)N6CCCC6)CC(=O)Nc6cccc4c65)nc3cc2C1. The van der Waals surface area contributed by atoms with Crippen LogP contribution in [0.25, 0.3) is 10.9 Å². The topological polar surface area (TPSA) is 115 Å². The van der Waals surface area contributed by atoms with Gasteiger partial charge in [0.1, 0.15) is 5.54 Å². The van der Waals surface area contributed by atoms with E-state index >= 15 is 0 Å². The molecule has 2 N–H and O–H groups in total. The van der Waals surface area contributed by atoms with Crippen molar-refractivity contribution in [2.75, 3.05) is 43.9 Å². The zero-order valence-corrected chi connectivity index (χ0v) is 24.6. The van der Waals surface area contributed by atoms with E-state index in [9.17, 15) is 19.2 Å². The van der Waals surface area contributed by atoms with Gasteiger partial charge in [0.05, 0.1) is 17.8 Å². The minimum atomic E-state index is -0.825. The Morgan fingerprint density at radius 1 is 1.07 bits per heavy atom. The molecule has 222 valence electrons. The van der Waals surface area contributed by atoms with Gasteiger partial charge < -0.3 is 15.1 Å². The van der Waals surface area contributed by atoms with Crippen molar-refractivity contribution >= 4 is 46.4 Å². The average molecular weight is 581 g/mol. The fraction of sp³-hybridized carbons (Fsp3) is 0.424. The Balaban J connectivity index is 1.19. The minimum absolute atomic E-state index is 0.0472. The second-order valence-corrected chi connectivity index (χ2v) is 12.8. The summed E-state index contributed by atoms with van der Waals surface area (Å²) in [4.78, 5) is 61.4. The van der Waals surface area contributed by atoms with E-state index in [4.69, 9.17) is 4.98 Å². The second-order valence-electron chi connectivity index (χ2n) is 12.8. The van der Waals surface area contributed by atoms with Crippen LogP contribution < -0.4 is 15.5 Å². The van der Waals surface area contributed by atoms with E-state index < -0.39 is 11.0 Å². The molecule has 1 aliphatic carbocycles. The minimum Gasteiger partial charge on any atom is -0.364 e. The smallest absolute Gasteiger partial charge is 0.247 e. The van der Waals surface area contributed by atoms with E-state index in [0.717, 1.165) is 70.6 Å². The molecule has 10 nitrogen and oxygen atoms in total. The van der Waals surface area contributed by atoms with Crippen LogP contribution in [0.4, 0.5) is 11.4 Å². The molecule has 4 heterocycles. The molecule has 1 saturated heterocycles. The molecule has 0 saturated carbocycles. The molecule has 7 rings (SSSR count). The summed E-state index contributed by atoms with van der Waals surface area (Å²) >= 11 is 0. The zero-order chi connectivity index (χ0) is 29.9. The number of amides is 4. The molecule has 3 aliphatic heterocycles. The Hall–Kier alpha value is -4.31. The summed E-state index contributed by atoms with van der Waals surface area (Å²) in [6.45, 7) is 2.71. The van der Waals surface area contributed by atoms with Crippen molar-refractivity contribution in [1.82, 2.24) is 20.1 Å². The summed E-state index contributed by atoms with van der Waals surface area (Å²) in [5, 5.41) is 6.40. The van der Waals surface area contributed by atoms with Gasteiger partial charge in [0.25, 0.3) is 0 Å². The second kappa shape index (κ2) is 10.2. The Morgan fingerprint density at radius 2 is 1.84 bits per heavy atom. The largest absolute Gasteiger partial charge is 0.364 e. The predicted octanol–water partition coefficient (Wildman–Crippen LogP) is 2.52. The maximum Gasteiger partial charge on any atom is 0.247 e. The number of imide groups is 1. The first-order valence-corrected chi connectivity index (χ1v) is 15.0. The fourth-order valence-electron chi connectivity index (χ4n) is 7.83. The van der Waals surface area contributed by atoms with E-state index in [0.29, 0.717) is 38.8 Å². The van der Waals surface area contributed by atoms with Gasteiger partial charge >= 0.3 is 0 Å². The number of hydrogen-bond acceptors (Lipinski definition) is 7. The van der Waals surface area contributed by atoms with E-state index in [1.54, 1.807) is 0 Å². The average Bonchev–Trinajstić information content (AvgIpc) is 3.70. The molecule has 10 heteroatoms. The number of nitrogens with one attached hydrogen (secondary N) is 2. The lowest BCUT2D eigenvalue weighted by Gasteiger charge is -2.35. The lowest BCUT2D eigenvalue weighted by atomic mass is 9.73. The van der Waals surface area contributed by atoms with Gasteiger partial charge in [-0.05, 0) is 68.4 Å². The number of hydrogen-bond donors (Lipinski definition) is 2. The first-order valence-electron chi connectivity index (χ1n) is 15.0. The van der Waals surface area contributed by atoms with E-state index in [2.05, 4.69) is 39.8 Å². The van der Waals surface area contributed by atoms with Gasteiger partial charge in [0, 0.05) is 73.1 Å². The Bertz CT molecular complexity index is 1680. The number of likely N-dealkylation sites (tertiary alicyclic amines) is 1. The number of anilines is 2. The maximum atomic E-state index is 13.4. The van der Waals surface area contributed by atoms with Crippen molar-refractivity contribution in [1.29, 1.82) is 0 Å². The summed E-state index contributed by atoms with van der Waals surface area (Å²) in [5.74, 6) is -0.220. The van der Waals surface area contributed by atoms with Crippen molar-refractivity contribution < 1.29 is 19.2 Å². The number of pyridine rings is 1. The highest BCUT2D eigenvalue weighted by Gasteiger charge is 2.50. The molecule has 43 heavy (non-hydrogen) atoms. The zero-order valence-electron chi connectivity index (χ0n) is 24.6. The lowest BCUT2D eigenvalue weighted by molar-refractivity contribution is -0.134. The summed E-state index contributed by atoms with van der Waals surface area (Å²) in [5.41, 5.74) is 5.39. The van der Waals surface area contributed by atoms with Gasteiger partial charge in [-0.15, -0.1) is 0 Å². The molecular formula is C33H36N6O4. The highest BCUT2D eigenvalue weighted by molar-refractivity contribution is 6.00. The van der Waals surface area contributed by atoms with Gasteiger partial charge in [-0.3, -0.25) is 34.4 Å². The number of carbonyl (C=O) groups is 4. The standard InChI is InChI=1S/C33H36N6O4/c1-37(2)33(31(43)34-20-40)14-22-12-21-8-9-24(35-26(21)13-23(22)15-33)18-39-19-32(17-29(42)38-10-3-4-11-38)16-28(41)36-25-6-5-7-27(39)30(25)32/h5-9,12-13,20H,3-4,10-11,14-19H2,1-2H3,(H,36,41)(H,34,40,43)/t32?,33-/m1/s1. The molecule has 1 aromatic heterocycles. The molecular weight excluding hydrogens is 544 g/mol. The summed E-state index contributed by atoms with van der Waals surface area (Å²) in [6.07, 6.45) is 4.14. The number of rotatable bonds is 7. The van der Waals surface area contributed by atoms with Gasteiger partial charge in [-0.2, -0.15) is 0 Å². The van der Waals surface area contributed by atoms with E-state index in [1.807, 2.05) is 42.1 Å². The molecule has 3 aromatic rings. The Morgan fingerprint density at radius 3 is 2.58 bits per heavy atom. The van der Waals surface area contributed by atoms with Gasteiger partial charge in [-0.25, -0.2) is 0 Å². The number of fused-ring (bicyclic) bond motifs is 2. The van der Waals surface area contributed by atoms with Crippen LogP contribution in [0.15, 0.2) is 42.5 Å². The maximum absolute atomic E-state index is 13.4. The summed E-state index contributed by atoms with van der Waals surface area (Å²) < 4.78 is 0. The molecule has 1 fully saturated rings. The van der Waals surface area contributed by atoms with Crippen LogP contribution >= 0.6 is 0 Å². The third-order valence-corrected chi connectivity index (χ3v) is 9.98. The van der Waals surface area contributed by atoms with Crippen molar-refractivity contribution in [2.24, 2.45) is 0 Å². The molecule has 0 spiro atoms. The first kappa shape index (κ1) is 27.5. The number of nitrogens with zero attached hydrogens (tertiary/aromatic N) is 4. The first-order chi connectivity index (χ1) is 20.7. The monoisotopic (exact) mass is 580 g/mol. The van der Waals surface area contributed by atoms with Crippen molar-refractivity contribution in [3.8, 4) is 0 Å². The van der Waals surface area contributed by atoms with E-state index in [1.165, 1.54) is 0 Å².